The summed E-state index contributed by atoms with van der Waals surface area (Å²) in [5.41, 5.74) is 3.23. The Balaban J connectivity index is 1.88. The summed E-state index contributed by atoms with van der Waals surface area (Å²) >= 11 is 0. The van der Waals surface area contributed by atoms with Crippen LogP contribution in [-0.2, 0) is 0 Å². The third-order valence-corrected chi connectivity index (χ3v) is 4.01. The first-order valence-corrected chi connectivity index (χ1v) is 7.89. The molecule has 25 heavy (non-hydrogen) atoms. The number of hydrogen-bond acceptors (Lipinski definition) is 3. The first kappa shape index (κ1) is 16.6. The van der Waals surface area contributed by atoms with E-state index in [0.717, 1.165) is 11.3 Å². The van der Waals surface area contributed by atoms with Crippen LogP contribution in [0.4, 0.5) is 5.69 Å². The van der Waals surface area contributed by atoms with Crippen molar-refractivity contribution in [2.24, 2.45) is 0 Å². The van der Waals surface area contributed by atoms with E-state index in [1.165, 1.54) is 0 Å². The summed E-state index contributed by atoms with van der Waals surface area (Å²) in [7, 11) is 3.14. The number of nitrogens with zero attached hydrogens (tertiary/aromatic N) is 1. The monoisotopic (exact) mass is 336 g/mol. The van der Waals surface area contributed by atoms with Gasteiger partial charge in [0.05, 0.1) is 19.9 Å². The van der Waals surface area contributed by atoms with E-state index in [-0.39, 0.29) is 5.91 Å². The summed E-state index contributed by atoms with van der Waals surface area (Å²) in [6.45, 7) is 2.02. The Morgan fingerprint density at radius 2 is 1.76 bits per heavy atom. The van der Waals surface area contributed by atoms with Crippen LogP contribution in [0.15, 0.2) is 60.9 Å². The number of anilines is 1. The molecule has 0 aliphatic rings. The standard InChI is InChI=1S/C20H20N2O3/c1-14-6-7-15(12-18(14)22-10-4-5-11-22)20(23)21-17-9-8-16(24-2)13-19(17)25-3/h4-13H,1-3H3,(H,21,23). The van der Waals surface area contributed by atoms with Gasteiger partial charge in [0.2, 0.25) is 0 Å². The molecule has 1 amide bonds. The molecule has 0 saturated heterocycles. The quantitative estimate of drug-likeness (QED) is 0.764. The number of nitrogens with one attached hydrogen (secondary N) is 1. The molecule has 3 rings (SSSR count). The molecule has 3 aromatic rings. The fourth-order valence-electron chi connectivity index (χ4n) is 2.62. The van der Waals surface area contributed by atoms with Gasteiger partial charge in [-0.1, -0.05) is 6.07 Å². The van der Waals surface area contributed by atoms with Gasteiger partial charge in [-0.15, -0.1) is 0 Å². The molecule has 5 heteroatoms. The number of carbonyl (C=O) groups excluding carboxylic acids is 1. The van der Waals surface area contributed by atoms with Crippen molar-refractivity contribution in [3.63, 3.8) is 0 Å². The van der Waals surface area contributed by atoms with Crippen LogP contribution in [0.2, 0.25) is 0 Å². The number of hydrogen-bond donors (Lipinski definition) is 1. The lowest BCUT2D eigenvalue weighted by atomic mass is 10.1. The van der Waals surface area contributed by atoms with Crippen molar-refractivity contribution in [2.45, 2.75) is 6.92 Å². The van der Waals surface area contributed by atoms with Gasteiger partial charge in [-0.3, -0.25) is 4.79 Å². The molecule has 0 aliphatic carbocycles. The maximum Gasteiger partial charge on any atom is 0.255 e. The highest BCUT2D eigenvalue weighted by molar-refractivity contribution is 6.05. The molecule has 5 nitrogen and oxygen atoms in total. The Kier molecular flexibility index (Phi) is 4.75. The van der Waals surface area contributed by atoms with Gasteiger partial charge in [0.25, 0.3) is 5.91 Å². The summed E-state index contributed by atoms with van der Waals surface area (Å²) < 4.78 is 12.5. The zero-order valence-corrected chi connectivity index (χ0v) is 14.4. The Morgan fingerprint density at radius 1 is 1.00 bits per heavy atom. The van der Waals surface area contributed by atoms with E-state index in [1.54, 1.807) is 32.4 Å². The lowest BCUT2D eigenvalue weighted by Gasteiger charge is -2.13. The number of carbonyl (C=O) groups is 1. The lowest BCUT2D eigenvalue weighted by Crippen LogP contribution is -2.13. The summed E-state index contributed by atoms with van der Waals surface area (Å²) in [6, 6.07) is 14.8. The first-order chi connectivity index (χ1) is 12.1. The van der Waals surface area contributed by atoms with Gasteiger partial charge in [0.1, 0.15) is 11.5 Å². The molecule has 0 saturated carbocycles. The van der Waals surface area contributed by atoms with Crippen molar-refractivity contribution in [1.29, 1.82) is 0 Å². The zero-order valence-electron chi connectivity index (χ0n) is 14.4. The zero-order chi connectivity index (χ0) is 17.8. The number of amides is 1. The van der Waals surface area contributed by atoms with Crippen LogP contribution in [0.3, 0.4) is 0 Å². The molecule has 0 radical (unpaired) electrons. The maximum atomic E-state index is 12.7. The number of methoxy groups -OCH3 is 2. The van der Waals surface area contributed by atoms with Gasteiger partial charge in [-0.2, -0.15) is 0 Å². The van der Waals surface area contributed by atoms with E-state index in [1.807, 2.05) is 54.2 Å². The van der Waals surface area contributed by atoms with Crippen molar-refractivity contribution in [2.75, 3.05) is 19.5 Å². The number of benzene rings is 2. The molecule has 0 bridgehead atoms. The molecule has 1 aromatic heterocycles. The van der Waals surface area contributed by atoms with Crippen molar-refractivity contribution in [3.05, 3.63) is 72.1 Å². The Bertz CT molecular complexity index is 886. The predicted octanol–water partition coefficient (Wildman–Crippen LogP) is 4.06. The van der Waals surface area contributed by atoms with Crippen molar-refractivity contribution in [1.82, 2.24) is 4.57 Å². The molecule has 0 spiro atoms. The van der Waals surface area contributed by atoms with E-state index >= 15 is 0 Å². The smallest absolute Gasteiger partial charge is 0.255 e. The van der Waals surface area contributed by atoms with E-state index in [2.05, 4.69) is 5.32 Å². The van der Waals surface area contributed by atoms with E-state index in [4.69, 9.17) is 9.47 Å². The fourth-order valence-corrected chi connectivity index (χ4v) is 2.62. The minimum Gasteiger partial charge on any atom is -0.497 e. The van der Waals surface area contributed by atoms with Crippen molar-refractivity contribution >= 4 is 11.6 Å². The minimum absolute atomic E-state index is 0.197. The average molecular weight is 336 g/mol. The lowest BCUT2D eigenvalue weighted by molar-refractivity contribution is 0.102. The molecule has 0 aliphatic heterocycles. The summed E-state index contributed by atoms with van der Waals surface area (Å²) in [5.74, 6) is 1.02. The topological polar surface area (TPSA) is 52.5 Å². The Labute approximate surface area is 146 Å². The average Bonchev–Trinajstić information content (AvgIpc) is 3.16. The number of aryl methyl sites for hydroxylation is 1. The highest BCUT2D eigenvalue weighted by Crippen LogP contribution is 2.29. The number of aromatic nitrogens is 1. The second-order valence-corrected chi connectivity index (χ2v) is 5.61. The molecule has 0 atom stereocenters. The second-order valence-electron chi connectivity index (χ2n) is 5.61. The van der Waals surface area contributed by atoms with Crippen LogP contribution in [0.5, 0.6) is 11.5 Å². The van der Waals surface area contributed by atoms with Gasteiger partial charge >= 0.3 is 0 Å². The van der Waals surface area contributed by atoms with E-state index < -0.39 is 0 Å². The molecular formula is C20H20N2O3. The molecule has 1 heterocycles. The van der Waals surface area contributed by atoms with E-state index in [0.29, 0.717) is 22.7 Å². The predicted molar refractivity (Wildman–Crippen MR) is 98.0 cm³/mol. The molecule has 0 fully saturated rings. The van der Waals surface area contributed by atoms with Crippen molar-refractivity contribution < 1.29 is 14.3 Å². The molecule has 128 valence electrons. The van der Waals surface area contributed by atoms with Crippen LogP contribution >= 0.6 is 0 Å². The fraction of sp³-hybridized carbons (Fsp3) is 0.150. The maximum absolute atomic E-state index is 12.7. The third kappa shape index (κ3) is 3.50. The van der Waals surface area contributed by atoms with Crippen LogP contribution < -0.4 is 14.8 Å². The van der Waals surface area contributed by atoms with Crippen LogP contribution in [-0.4, -0.2) is 24.7 Å². The van der Waals surface area contributed by atoms with Crippen LogP contribution in [0, 0.1) is 6.92 Å². The minimum atomic E-state index is -0.197. The van der Waals surface area contributed by atoms with Gasteiger partial charge in [-0.05, 0) is 48.9 Å². The molecule has 0 unspecified atom stereocenters. The third-order valence-electron chi connectivity index (χ3n) is 4.01. The number of ether oxygens (including phenoxy) is 2. The van der Waals surface area contributed by atoms with Gasteiger partial charge < -0.3 is 19.4 Å². The largest absolute Gasteiger partial charge is 0.497 e. The highest BCUT2D eigenvalue weighted by atomic mass is 16.5. The normalized spacial score (nSPS) is 10.4. The second kappa shape index (κ2) is 7.13. The summed E-state index contributed by atoms with van der Waals surface area (Å²) in [4.78, 5) is 12.7. The summed E-state index contributed by atoms with van der Waals surface area (Å²) in [6.07, 6.45) is 3.91. The van der Waals surface area contributed by atoms with Crippen LogP contribution in [0.1, 0.15) is 15.9 Å². The molecule has 2 aromatic carbocycles. The first-order valence-electron chi connectivity index (χ1n) is 7.89. The SMILES string of the molecule is COc1ccc(NC(=O)c2ccc(C)c(-n3cccc3)c2)c(OC)c1. The highest BCUT2D eigenvalue weighted by Gasteiger charge is 2.12. The van der Waals surface area contributed by atoms with Gasteiger partial charge in [0.15, 0.2) is 0 Å². The Hall–Kier alpha value is -3.21. The van der Waals surface area contributed by atoms with Gasteiger partial charge in [0, 0.05) is 29.7 Å². The van der Waals surface area contributed by atoms with Crippen LogP contribution in [0.25, 0.3) is 5.69 Å². The molecule has 1 N–H and O–H groups in total. The Morgan fingerprint density at radius 3 is 2.44 bits per heavy atom. The summed E-state index contributed by atoms with van der Waals surface area (Å²) in [5, 5.41) is 2.89. The van der Waals surface area contributed by atoms with E-state index in [9.17, 15) is 4.79 Å². The van der Waals surface area contributed by atoms with Gasteiger partial charge in [-0.25, -0.2) is 0 Å². The molecular weight excluding hydrogens is 316 g/mol. The van der Waals surface area contributed by atoms with Crippen molar-refractivity contribution in [3.8, 4) is 17.2 Å². The number of rotatable bonds is 5.